The molecule has 24 heavy (non-hydrogen) atoms. The predicted molar refractivity (Wildman–Crippen MR) is 92.4 cm³/mol. The van der Waals surface area contributed by atoms with Crippen LogP contribution in [0.1, 0.15) is 55.8 Å². The number of carbonyl (C=O) groups excluding carboxylic acids is 1. The molecular weight excluding hydrogens is 308 g/mol. The summed E-state index contributed by atoms with van der Waals surface area (Å²) < 4.78 is 10.6. The van der Waals surface area contributed by atoms with Crippen LogP contribution in [0, 0.1) is 0 Å². The monoisotopic (exact) mass is 334 g/mol. The van der Waals surface area contributed by atoms with Crippen molar-refractivity contribution in [2.45, 2.75) is 45.4 Å². The highest BCUT2D eigenvalue weighted by molar-refractivity contribution is 5.87. The van der Waals surface area contributed by atoms with E-state index in [4.69, 9.17) is 14.6 Å². The third-order valence-corrected chi connectivity index (χ3v) is 3.49. The van der Waals surface area contributed by atoms with Gasteiger partial charge in [0.15, 0.2) is 0 Å². The predicted octanol–water partition coefficient (Wildman–Crippen LogP) is 4.22. The fraction of sp³-hybridized carbons (Fsp3) is 0.474. The van der Waals surface area contributed by atoms with E-state index in [-0.39, 0.29) is 11.5 Å². The number of carbonyl (C=O) groups is 2. The van der Waals surface area contributed by atoms with Gasteiger partial charge in [-0.25, -0.2) is 9.59 Å². The van der Waals surface area contributed by atoms with Crippen molar-refractivity contribution in [2.24, 2.45) is 0 Å². The Morgan fingerprint density at radius 1 is 0.958 bits per heavy atom. The lowest BCUT2D eigenvalue weighted by Gasteiger charge is -2.07. The van der Waals surface area contributed by atoms with Crippen LogP contribution in [0.5, 0.6) is 5.75 Å². The second-order valence-corrected chi connectivity index (χ2v) is 5.72. The molecule has 0 aliphatic heterocycles. The molecule has 0 radical (unpaired) electrons. The van der Waals surface area contributed by atoms with E-state index in [2.05, 4.69) is 6.58 Å². The minimum Gasteiger partial charge on any atom is -0.494 e. The van der Waals surface area contributed by atoms with Crippen molar-refractivity contribution in [1.82, 2.24) is 0 Å². The summed E-state index contributed by atoms with van der Waals surface area (Å²) in [5, 5.41) is 8.81. The molecule has 0 saturated heterocycles. The van der Waals surface area contributed by atoms with E-state index in [1.807, 2.05) is 0 Å². The highest BCUT2D eigenvalue weighted by Crippen LogP contribution is 2.13. The van der Waals surface area contributed by atoms with Gasteiger partial charge in [-0.1, -0.05) is 32.3 Å². The topological polar surface area (TPSA) is 72.8 Å². The van der Waals surface area contributed by atoms with Crippen LogP contribution in [0.2, 0.25) is 0 Å². The first kappa shape index (κ1) is 19.7. The van der Waals surface area contributed by atoms with Crippen molar-refractivity contribution < 1.29 is 24.2 Å². The van der Waals surface area contributed by atoms with E-state index in [0.29, 0.717) is 24.5 Å². The zero-order valence-corrected chi connectivity index (χ0v) is 14.3. The minimum absolute atomic E-state index is 0.260. The van der Waals surface area contributed by atoms with Crippen molar-refractivity contribution in [3.05, 3.63) is 42.0 Å². The number of ether oxygens (including phenoxy) is 2. The average Bonchev–Trinajstić information content (AvgIpc) is 2.56. The Morgan fingerprint density at radius 2 is 1.50 bits per heavy atom. The molecule has 5 heteroatoms. The van der Waals surface area contributed by atoms with Crippen molar-refractivity contribution in [1.29, 1.82) is 0 Å². The lowest BCUT2D eigenvalue weighted by molar-refractivity contribution is -0.139. The number of esters is 1. The van der Waals surface area contributed by atoms with Crippen molar-refractivity contribution in [3.63, 3.8) is 0 Å². The maximum Gasteiger partial charge on any atom is 0.335 e. The molecule has 0 atom stereocenters. The van der Waals surface area contributed by atoms with E-state index in [9.17, 15) is 9.59 Å². The molecule has 0 aliphatic rings. The van der Waals surface area contributed by atoms with E-state index >= 15 is 0 Å². The molecule has 0 heterocycles. The number of hydrogen-bond acceptors (Lipinski definition) is 4. The van der Waals surface area contributed by atoms with Gasteiger partial charge in [-0.2, -0.15) is 0 Å². The van der Waals surface area contributed by atoms with Gasteiger partial charge in [0.1, 0.15) is 5.75 Å². The Morgan fingerprint density at radius 3 is 2.04 bits per heavy atom. The molecule has 0 amide bonds. The number of carboxylic acid groups (broad SMARTS) is 1. The maximum atomic E-state index is 11.2. The van der Waals surface area contributed by atoms with Crippen LogP contribution < -0.4 is 4.74 Å². The second kappa shape index (κ2) is 11.3. The third kappa shape index (κ3) is 8.36. The molecule has 0 aliphatic carbocycles. The fourth-order valence-electron chi connectivity index (χ4n) is 2.08. The first-order chi connectivity index (χ1) is 11.5. The van der Waals surface area contributed by atoms with Crippen LogP contribution in [-0.4, -0.2) is 30.3 Å². The van der Waals surface area contributed by atoms with Crippen molar-refractivity contribution in [2.75, 3.05) is 13.2 Å². The van der Waals surface area contributed by atoms with E-state index in [0.717, 1.165) is 38.5 Å². The molecule has 0 unspecified atom stereocenters. The lowest BCUT2D eigenvalue weighted by Crippen LogP contribution is -2.06. The fourth-order valence-corrected chi connectivity index (χ4v) is 2.08. The molecule has 0 bridgehead atoms. The summed E-state index contributed by atoms with van der Waals surface area (Å²) >= 11 is 0. The molecular formula is C19H26O5. The maximum absolute atomic E-state index is 11.2. The molecule has 1 aromatic rings. The highest BCUT2D eigenvalue weighted by Gasteiger charge is 2.03. The average molecular weight is 334 g/mol. The Hall–Kier alpha value is -2.30. The molecule has 0 spiro atoms. The first-order valence-electron chi connectivity index (χ1n) is 8.29. The molecule has 0 aromatic heterocycles. The smallest absolute Gasteiger partial charge is 0.335 e. The number of unbranched alkanes of at least 4 members (excludes halogenated alkanes) is 5. The van der Waals surface area contributed by atoms with Crippen molar-refractivity contribution in [3.8, 4) is 5.75 Å². The quantitative estimate of drug-likeness (QED) is 0.352. The van der Waals surface area contributed by atoms with Gasteiger partial charge in [0.05, 0.1) is 18.8 Å². The molecule has 1 rings (SSSR count). The van der Waals surface area contributed by atoms with Gasteiger partial charge >= 0.3 is 11.9 Å². The van der Waals surface area contributed by atoms with Gasteiger partial charge in [-0.3, -0.25) is 0 Å². The van der Waals surface area contributed by atoms with Crippen molar-refractivity contribution >= 4 is 11.9 Å². The number of aromatic carboxylic acids is 1. The van der Waals surface area contributed by atoms with Gasteiger partial charge in [-0.05, 0) is 44.0 Å². The van der Waals surface area contributed by atoms with Gasteiger partial charge in [0, 0.05) is 5.57 Å². The second-order valence-electron chi connectivity index (χ2n) is 5.72. The number of benzene rings is 1. The molecule has 0 fully saturated rings. The summed E-state index contributed by atoms with van der Waals surface area (Å²) in [4.78, 5) is 21.9. The van der Waals surface area contributed by atoms with E-state index < -0.39 is 5.97 Å². The lowest BCUT2D eigenvalue weighted by atomic mass is 10.1. The van der Waals surface area contributed by atoms with Crippen LogP contribution in [0.15, 0.2) is 36.4 Å². The number of rotatable bonds is 12. The highest BCUT2D eigenvalue weighted by atomic mass is 16.5. The molecule has 1 aromatic carbocycles. The van der Waals surface area contributed by atoms with Crippen LogP contribution in [0.3, 0.4) is 0 Å². The van der Waals surface area contributed by atoms with E-state index in [1.165, 1.54) is 0 Å². The number of carboxylic acids is 1. The molecule has 5 nitrogen and oxygen atoms in total. The van der Waals surface area contributed by atoms with Crippen LogP contribution in [0.25, 0.3) is 0 Å². The summed E-state index contributed by atoms with van der Waals surface area (Å²) in [6.07, 6.45) is 6.20. The Labute approximate surface area is 143 Å². The SMILES string of the molecule is C=C(C)C(=O)OCCCCCCCCOc1ccc(C(=O)O)cc1. The van der Waals surface area contributed by atoms with Gasteiger partial charge in [0.2, 0.25) is 0 Å². The zero-order valence-electron chi connectivity index (χ0n) is 14.3. The normalized spacial score (nSPS) is 10.2. The standard InChI is InChI=1S/C19H26O5/c1-15(2)19(22)24-14-8-6-4-3-5-7-13-23-17-11-9-16(10-12-17)18(20)21/h9-12H,1,3-8,13-14H2,2H3,(H,20,21). The zero-order chi connectivity index (χ0) is 17.8. The molecule has 132 valence electrons. The Kier molecular flexibility index (Phi) is 9.27. The summed E-state index contributed by atoms with van der Waals surface area (Å²) in [5.41, 5.74) is 0.698. The minimum atomic E-state index is -0.934. The first-order valence-corrected chi connectivity index (χ1v) is 8.29. The summed E-state index contributed by atoms with van der Waals surface area (Å²) in [7, 11) is 0. The summed E-state index contributed by atoms with van der Waals surface area (Å²) in [6.45, 7) is 6.26. The van der Waals surface area contributed by atoms with Gasteiger partial charge in [0.25, 0.3) is 0 Å². The number of hydrogen-bond donors (Lipinski definition) is 1. The van der Waals surface area contributed by atoms with Crippen LogP contribution in [-0.2, 0) is 9.53 Å². The van der Waals surface area contributed by atoms with Gasteiger partial charge < -0.3 is 14.6 Å². The third-order valence-electron chi connectivity index (χ3n) is 3.49. The summed E-state index contributed by atoms with van der Waals surface area (Å²) in [5.74, 6) is -0.557. The molecule has 0 saturated carbocycles. The Balaban J connectivity index is 1.96. The Bertz CT molecular complexity index is 533. The van der Waals surface area contributed by atoms with Crippen LogP contribution >= 0.6 is 0 Å². The van der Waals surface area contributed by atoms with Gasteiger partial charge in [-0.15, -0.1) is 0 Å². The molecule has 1 N–H and O–H groups in total. The van der Waals surface area contributed by atoms with E-state index in [1.54, 1.807) is 31.2 Å². The summed E-state index contributed by atoms with van der Waals surface area (Å²) in [6, 6.07) is 6.43. The van der Waals surface area contributed by atoms with Crippen LogP contribution in [0.4, 0.5) is 0 Å². The largest absolute Gasteiger partial charge is 0.494 e.